The summed E-state index contributed by atoms with van der Waals surface area (Å²) >= 11 is 0. The van der Waals surface area contributed by atoms with Crippen molar-refractivity contribution < 1.29 is 9.53 Å². The van der Waals surface area contributed by atoms with Gasteiger partial charge < -0.3 is 4.74 Å². The summed E-state index contributed by atoms with van der Waals surface area (Å²) in [5.41, 5.74) is 1.84. The van der Waals surface area contributed by atoms with E-state index in [1.807, 2.05) is 24.3 Å². The Bertz CT molecular complexity index is 779. The second-order valence-corrected chi connectivity index (χ2v) is 4.27. The maximum absolute atomic E-state index is 12.7. The zero-order chi connectivity index (χ0) is 13.9. The van der Waals surface area contributed by atoms with Crippen LogP contribution in [0.3, 0.4) is 0 Å². The molecule has 1 aromatic carbocycles. The number of fused-ring (bicyclic) bond motifs is 1. The number of hydrogen-bond donors (Lipinski definition) is 0. The Morgan fingerprint density at radius 1 is 0.950 bits per heavy atom. The van der Waals surface area contributed by atoms with Crippen molar-refractivity contribution in [3.8, 4) is 5.88 Å². The number of ketones is 1. The minimum absolute atomic E-state index is 0.117. The molecule has 2 heterocycles. The molecule has 0 atom stereocenters. The van der Waals surface area contributed by atoms with Crippen LogP contribution in [-0.2, 0) is 0 Å². The summed E-state index contributed by atoms with van der Waals surface area (Å²) in [5, 5.41) is 0.825. The van der Waals surface area contributed by atoms with Crippen molar-refractivity contribution >= 4 is 16.7 Å². The molecule has 0 aliphatic heterocycles. The van der Waals surface area contributed by atoms with Gasteiger partial charge in [-0.1, -0.05) is 18.2 Å². The third-order valence-electron chi connectivity index (χ3n) is 3.10. The summed E-state index contributed by atoms with van der Waals surface area (Å²) in [4.78, 5) is 21.0. The second kappa shape index (κ2) is 5.09. The van der Waals surface area contributed by atoms with Gasteiger partial charge in [0.15, 0.2) is 5.78 Å². The SMILES string of the molecule is COc1ncccc1C(=O)c1cccc2ncccc12. The maximum atomic E-state index is 12.7. The van der Waals surface area contributed by atoms with Crippen molar-refractivity contribution in [3.63, 3.8) is 0 Å². The van der Waals surface area contributed by atoms with Crippen molar-refractivity contribution in [2.24, 2.45) is 0 Å². The van der Waals surface area contributed by atoms with Crippen molar-refractivity contribution in [1.82, 2.24) is 9.97 Å². The summed E-state index contributed by atoms with van der Waals surface area (Å²) in [6.07, 6.45) is 3.31. The molecule has 0 bridgehead atoms. The molecule has 2 aromatic heterocycles. The predicted octanol–water partition coefficient (Wildman–Crippen LogP) is 2.87. The Hall–Kier alpha value is -2.75. The number of aromatic nitrogens is 2. The first-order valence-electron chi connectivity index (χ1n) is 6.18. The van der Waals surface area contributed by atoms with E-state index >= 15 is 0 Å². The minimum atomic E-state index is -0.117. The average Bonchev–Trinajstić information content (AvgIpc) is 2.53. The van der Waals surface area contributed by atoms with E-state index in [1.54, 1.807) is 30.6 Å². The van der Waals surface area contributed by atoms with Crippen LogP contribution in [0.25, 0.3) is 10.9 Å². The van der Waals surface area contributed by atoms with Gasteiger partial charge in [0.25, 0.3) is 0 Å². The van der Waals surface area contributed by atoms with Gasteiger partial charge in [-0.05, 0) is 24.3 Å². The van der Waals surface area contributed by atoms with Gasteiger partial charge in [-0.25, -0.2) is 4.98 Å². The van der Waals surface area contributed by atoms with E-state index < -0.39 is 0 Å². The molecule has 0 aliphatic carbocycles. The Balaban J connectivity index is 2.18. The van der Waals surface area contributed by atoms with Crippen LogP contribution in [0.1, 0.15) is 15.9 Å². The van der Waals surface area contributed by atoms with Gasteiger partial charge >= 0.3 is 0 Å². The number of pyridine rings is 2. The van der Waals surface area contributed by atoms with Crippen molar-refractivity contribution in [2.75, 3.05) is 7.11 Å². The first kappa shape index (κ1) is 12.3. The minimum Gasteiger partial charge on any atom is -0.480 e. The Morgan fingerprint density at radius 2 is 1.70 bits per heavy atom. The van der Waals surface area contributed by atoms with E-state index in [0.717, 1.165) is 10.9 Å². The molecule has 20 heavy (non-hydrogen) atoms. The molecule has 0 saturated heterocycles. The van der Waals surface area contributed by atoms with Crippen molar-refractivity contribution in [2.45, 2.75) is 0 Å². The molecule has 0 amide bonds. The molecule has 0 aliphatic rings. The lowest BCUT2D eigenvalue weighted by Crippen LogP contribution is -2.06. The quantitative estimate of drug-likeness (QED) is 0.682. The van der Waals surface area contributed by atoms with Gasteiger partial charge in [-0.3, -0.25) is 9.78 Å². The number of ether oxygens (including phenoxy) is 1. The normalized spacial score (nSPS) is 10.4. The largest absolute Gasteiger partial charge is 0.480 e. The lowest BCUT2D eigenvalue weighted by Gasteiger charge is -2.08. The summed E-state index contributed by atoms with van der Waals surface area (Å²) in [5.74, 6) is 0.215. The highest BCUT2D eigenvalue weighted by Crippen LogP contribution is 2.23. The zero-order valence-corrected chi connectivity index (χ0v) is 10.9. The van der Waals surface area contributed by atoms with Gasteiger partial charge in [0.2, 0.25) is 5.88 Å². The van der Waals surface area contributed by atoms with Crippen LogP contribution in [0, 0.1) is 0 Å². The van der Waals surface area contributed by atoms with E-state index in [0.29, 0.717) is 17.0 Å². The summed E-state index contributed by atoms with van der Waals surface area (Å²) in [6.45, 7) is 0. The van der Waals surface area contributed by atoms with Crippen LogP contribution in [0.4, 0.5) is 0 Å². The molecular formula is C16H12N2O2. The summed E-state index contributed by atoms with van der Waals surface area (Å²) in [7, 11) is 1.50. The number of carbonyl (C=O) groups excluding carboxylic acids is 1. The van der Waals surface area contributed by atoms with Crippen molar-refractivity contribution in [1.29, 1.82) is 0 Å². The highest BCUT2D eigenvalue weighted by atomic mass is 16.5. The van der Waals surface area contributed by atoms with Crippen LogP contribution >= 0.6 is 0 Å². The molecule has 98 valence electrons. The molecular weight excluding hydrogens is 252 g/mol. The van der Waals surface area contributed by atoms with Gasteiger partial charge in [-0.2, -0.15) is 0 Å². The lowest BCUT2D eigenvalue weighted by molar-refractivity contribution is 0.103. The van der Waals surface area contributed by atoms with Crippen LogP contribution in [0.2, 0.25) is 0 Å². The highest BCUT2D eigenvalue weighted by Gasteiger charge is 2.17. The predicted molar refractivity (Wildman–Crippen MR) is 76.0 cm³/mol. The Morgan fingerprint density at radius 3 is 2.55 bits per heavy atom. The Labute approximate surface area is 116 Å². The highest BCUT2D eigenvalue weighted by molar-refractivity contribution is 6.16. The standard InChI is InChI=1S/C16H12N2O2/c1-20-16-13(7-4-10-18-16)15(19)12-5-2-8-14-11(12)6-3-9-17-14/h2-10H,1H3. The average molecular weight is 264 g/mol. The van der Waals surface area contributed by atoms with E-state index in [2.05, 4.69) is 9.97 Å². The summed E-state index contributed by atoms with van der Waals surface area (Å²) < 4.78 is 5.15. The van der Waals surface area contributed by atoms with Crippen LogP contribution in [0.15, 0.2) is 54.9 Å². The topological polar surface area (TPSA) is 52.1 Å². The number of benzene rings is 1. The number of carbonyl (C=O) groups is 1. The molecule has 3 rings (SSSR count). The van der Waals surface area contributed by atoms with Gasteiger partial charge in [0.05, 0.1) is 18.2 Å². The van der Waals surface area contributed by atoms with Gasteiger partial charge in [-0.15, -0.1) is 0 Å². The monoisotopic (exact) mass is 264 g/mol. The number of rotatable bonds is 3. The number of hydrogen-bond acceptors (Lipinski definition) is 4. The second-order valence-electron chi connectivity index (χ2n) is 4.27. The molecule has 3 aromatic rings. The summed E-state index contributed by atoms with van der Waals surface area (Å²) in [6, 6.07) is 12.6. The number of nitrogens with zero attached hydrogens (tertiary/aromatic N) is 2. The lowest BCUT2D eigenvalue weighted by atomic mass is 10.00. The van der Waals surface area contributed by atoms with Crippen LogP contribution in [-0.4, -0.2) is 22.9 Å². The zero-order valence-electron chi connectivity index (χ0n) is 10.9. The molecule has 4 nitrogen and oxygen atoms in total. The van der Waals surface area contributed by atoms with Crippen molar-refractivity contribution in [3.05, 3.63) is 66.0 Å². The molecule has 0 saturated carbocycles. The first-order valence-corrected chi connectivity index (χ1v) is 6.18. The molecule has 0 radical (unpaired) electrons. The molecule has 0 fully saturated rings. The molecule has 0 spiro atoms. The maximum Gasteiger partial charge on any atom is 0.224 e. The molecule has 0 unspecified atom stereocenters. The first-order chi connectivity index (χ1) is 9.81. The third-order valence-corrected chi connectivity index (χ3v) is 3.10. The number of methoxy groups -OCH3 is 1. The van der Waals surface area contributed by atoms with Crippen LogP contribution in [0.5, 0.6) is 5.88 Å². The van der Waals surface area contributed by atoms with Gasteiger partial charge in [0, 0.05) is 23.3 Å². The Kier molecular flexibility index (Phi) is 3.13. The third kappa shape index (κ3) is 2.01. The van der Waals surface area contributed by atoms with E-state index in [4.69, 9.17) is 4.74 Å². The molecule has 0 N–H and O–H groups in total. The fourth-order valence-electron chi connectivity index (χ4n) is 2.17. The fourth-order valence-corrected chi connectivity index (χ4v) is 2.17. The van der Waals surface area contributed by atoms with Crippen LogP contribution < -0.4 is 4.74 Å². The van der Waals surface area contributed by atoms with E-state index in [1.165, 1.54) is 7.11 Å². The fraction of sp³-hybridized carbons (Fsp3) is 0.0625. The van der Waals surface area contributed by atoms with Gasteiger partial charge in [0.1, 0.15) is 0 Å². The molecule has 4 heteroatoms. The van der Waals surface area contributed by atoms with E-state index in [-0.39, 0.29) is 5.78 Å². The van der Waals surface area contributed by atoms with E-state index in [9.17, 15) is 4.79 Å². The smallest absolute Gasteiger partial charge is 0.224 e.